The van der Waals surface area contributed by atoms with Gasteiger partial charge < -0.3 is 4.57 Å². The van der Waals surface area contributed by atoms with E-state index in [1.54, 1.807) is 0 Å². The highest BCUT2D eigenvalue weighted by Crippen LogP contribution is 2.38. The quantitative estimate of drug-likeness (QED) is 0.215. The second-order valence-electron chi connectivity index (χ2n) is 10.8. The molecule has 41 heavy (non-hydrogen) atoms. The molecule has 0 fully saturated rings. The first-order valence-electron chi connectivity index (χ1n) is 14.1. The summed E-state index contributed by atoms with van der Waals surface area (Å²) in [5.74, 6) is 1.08. The van der Waals surface area contributed by atoms with Crippen LogP contribution < -0.4 is 0 Å². The fourth-order valence-electron chi connectivity index (χ4n) is 6.69. The van der Waals surface area contributed by atoms with E-state index in [9.17, 15) is 0 Å². The molecule has 8 aromatic rings. The monoisotopic (exact) mass is 523 g/mol. The maximum absolute atomic E-state index is 5.04. The molecule has 2 aromatic heterocycles. The number of hydrogen-bond donors (Lipinski definition) is 0. The van der Waals surface area contributed by atoms with E-state index >= 15 is 0 Å². The molecule has 192 valence electrons. The number of benzene rings is 6. The Morgan fingerprint density at radius 3 is 1.66 bits per heavy atom. The number of hydrogen-bond acceptors (Lipinski definition) is 1. The van der Waals surface area contributed by atoms with E-state index in [0.717, 1.165) is 17.9 Å². The number of para-hydroxylation sites is 4. The lowest BCUT2D eigenvalue weighted by atomic mass is 10.0. The fourth-order valence-corrected chi connectivity index (χ4v) is 6.69. The Hall–Kier alpha value is -5.41. The molecule has 0 bridgehead atoms. The van der Waals surface area contributed by atoms with Gasteiger partial charge in [0.15, 0.2) is 0 Å². The number of aromatic nitrogens is 2. The first-order chi connectivity index (χ1) is 20.3. The highest BCUT2D eigenvalue weighted by Gasteiger charge is 2.21. The van der Waals surface area contributed by atoms with E-state index in [1.165, 1.54) is 66.0 Å². The number of aliphatic imine (C=N–C) groups is 1. The summed E-state index contributed by atoms with van der Waals surface area (Å²) in [6.45, 7) is 0. The third-order valence-corrected chi connectivity index (χ3v) is 8.54. The molecule has 0 aliphatic carbocycles. The van der Waals surface area contributed by atoms with Gasteiger partial charge in [-0.3, -0.25) is 4.57 Å². The molecule has 0 unspecified atom stereocenters. The smallest absolute Gasteiger partial charge is 0.118 e. The van der Waals surface area contributed by atoms with Gasteiger partial charge in [-0.05, 0) is 71.3 Å². The maximum atomic E-state index is 5.04. The molecule has 3 heterocycles. The SMILES string of the molecule is c1ccc(-n2c3ccccc3c3cc(-c4ccc5c(c4)c4ccccc4n5C4=Nc5ccccc5C4)ccc32)cc1. The van der Waals surface area contributed by atoms with E-state index in [4.69, 9.17) is 4.99 Å². The van der Waals surface area contributed by atoms with Gasteiger partial charge in [0.2, 0.25) is 0 Å². The third-order valence-electron chi connectivity index (χ3n) is 8.54. The molecule has 0 amide bonds. The molecule has 0 radical (unpaired) electrons. The predicted molar refractivity (Wildman–Crippen MR) is 172 cm³/mol. The average Bonchev–Trinajstić information content (AvgIpc) is 3.70. The number of fused-ring (bicyclic) bond motifs is 7. The van der Waals surface area contributed by atoms with Gasteiger partial charge in [0.25, 0.3) is 0 Å². The van der Waals surface area contributed by atoms with Crippen LogP contribution >= 0.6 is 0 Å². The van der Waals surface area contributed by atoms with Crippen LogP contribution in [-0.2, 0) is 6.42 Å². The van der Waals surface area contributed by atoms with Crippen molar-refractivity contribution in [1.82, 2.24) is 9.13 Å². The molecular weight excluding hydrogens is 498 g/mol. The van der Waals surface area contributed by atoms with Crippen molar-refractivity contribution in [3.8, 4) is 16.8 Å². The Morgan fingerprint density at radius 2 is 0.976 bits per heavy atom. The van der Waals surface area contributed by atoms with Crippen LogP contribution in [0.15, 0.2) is 145 Å². The van der Waals surface area contributed by atoms with Gasteiger partial charge in [-0.25, -0.2) is 4.99 Å². The van der Waals surface area contributed by atoms with E-state index in [1.807, 2.05) is 0 Å². The lowest BCUT2D eigenvalue weighted by Crippen LogP contribution is -2.11. The van der Waals surface area contributed by atoms with E-state index in [-0.39, 0.29) is 0 Å². The molecular formula is C38H25N3. The van der Waals surface area contributed by atoms with Gasteiger partial charge >= 0.3 is 0 Å². The summed E-state index contributed by atoms with van der Waals surface area (Å²) in [7, 11) is 0. The molecule has 0 saturated heterocycles. The van der Waals surface area contributed by atoms with Crippen molar-refractivity contribution in [2.24, 2.45) is 4.99 Å². The van der Waals surface area contributed by atoms with Crippen LogP contribution in [0.25, 0.3) is 60.4 Å². The minimum atomic E-state index is 0.841. The second-order valence-corrected chi connectivity index (χ2v) is 10.8. The molecule has 0 spiro atoms. The first-order valence-corrected chi connectivity index (χ1v) is 14.1. The van der Waals surface area contributed by atoms with Crippen LogP contribution in [-0.4, -0.2) is 15.0 Å². The van der Waals surface area contributed by atoms with Crippen molar-refractivity contribution >= 4 is 55.1 Å². The van der Waals surface area contributed by atoms with Gasteiger partial charge in [-0.1, -0.05) is 84.9 Å². The Bertz CT molecular complexity index is 2330. The summed E-state index contributed by atoms with van der Waals surface area (Å²) in [6.07, 6.45) is 0.841. The predicted octanol–water partition coefficient (Wildman–Crippen LogP) is 9.69. The Balaban J connectivity index is 1.24. The van der Waals surface area contributed by atoms with Gasteiger partial charge in [-0.2, -0.15) is 0 Å². The zero-order valence-corrected chi connectivity index (χ0v) is 22.3. The normalized spacial score (nSPS) is 12.9. The van der Waals surface area contributed by atoms with Gasteiger partial charge in [0, 0.05) is 33.7 Å². The van der Waals surface area contributed by atoms with Gasteiger partial charge in [-0.15, -0.1) is 0 Å². The summed E-state index contributed by atoms with van der Waals surface area (Å²) >= 11 is 0. The standard InChI is InChI=1S/C38H25N3/c1-2-11-28(12-3-1)40-34-16-8-5-13-29(34)31-22-25(18-20-36(31)40)26-19-21-37-32(23-26)30-14-6-9-17-35(30)41(37)38-24-27-10-4-7-15-33(27)39-38/h1-23H,24H2. The third kappa shape index (κ3) is 3.30. The largest absolute Gasteiger partial charge is 0.309 e. The summed E-state index contributed by atoms with van der Waals surface area (Å²) in [5.41, 5.74) is 10.8. The van der Waals surface area contributed by atoms with Crippen LogP contribution in [0.4, 0.5) is 5.69 Å². The van der Waals surface area contributed by atoms with Crippen LogP contribution in [0.3, 0.4) is 0 Å². The summed E-state index contributed by atoms with van der Waals surface area (Å²) < 4.78 is 4.72. The van der Waals surface area contributed by atoms with Crippen LogP contribution in [0.5, 0.6) is 0 Å². The molecule has 9 rings (SSSR count). The zero-order valence-electron chi connectivity index (χ0n) is 22.3. The molecule has 0 N–H and O–H groups in total. The Kier molecular flexibility index (Phi) is 4.67. The summed E-state index contributed by atoms with van der Waals surface area (Å²) in [5, 5.41) is 5.04. The summed E-state index contributed by atoms with van der Waals surface area (Å²) in [4.78, 5) is 5.04. The first kappa shape index (κ1) is 22.4. The maximum Gasteiger partial charge on any atom is 0.118 e. The van der Waals surface area contributed by atoms with Crippen LogP contribution in [0.1, 0.15) is 5.56 Å². The highest BCUT2D eigenvalue weighted by molar-refractivity contribution is 6.16. The highest BCUT2D eigenvalue weighted by atomic mass is 15.1. The fraction of sp³-hybridized carbons (Fsp3) is 0.0263. The lowest BCUT2D eigenvalue weighted by molar-refractivity contribution is 1.18. The second kappa shape index (κ2) is 8.54. The van der Waals surface area contributed by atoms with Gasteiger partial charge in [0.1, 0.15) is 5.84 Å². The minimum absolute atomic E-state index is 0.841. The molecule has 0 saturated carbocycles. The summed E-state index contributed by atoms with van der Waals surface area (Å²) in [6, 6.07) is 50.3. The zero-order chi connectivity index (χ0) is 26.9. The van der Waals surface area contributed by atoms with E-state index in [0.29, 0.717) is 0 Å². The number of nitrogens with zero attached hydrogens (tertiary/aromatic N) is 3. The van der Waals surface area contributed by atoms with Crippen molar-refractivity contribution in [1.29, 1.82) is 0 Å². The van der Waals surface area contributed by atoms with Crippen molar-refractivity contribution < 1.29 is 0 Å². The minimum Gasteiger partial charge on any atom is -0.309 e. The molecule has 1 aliphatic rings. The van der Waals surface area contributed by atoms with Crippen molar-refractivity contribution in [3.63, 3.8) is 0 Å². The molecule has 3 heteroatoms. The molecule has 1 aliphatic heterocycles. The van der Waals surface area contributed by atoms with Crippen molar-refractivity contribution in [2.75, 3.05) is 0 Å². The Labute approximate surface area is 237 Å². The molecule has 0 atom stereocenters. The molecule has 3 nitrogen and oxygen atoms in total. The van der Waals surface area contributed by atoms with Crippen molar-refractivity contribution in [3.05, 3.63) is 145 Å². The Morgan fingerprint density at radius 1 is 0.439 bits per heavy atom. The van der Waals surface area contributed by atoms with Gasteiger partial charge in [0.05, 0.1) is 27.8 Å². The van der Waals surface area contributed by atoms with E-state index in [2.05, 4.69) is 149 Å². The van der Waals surface area contributed by atoms with Crippen LogP contribution in [0, 0.1) is 0 Å². The number of rotatable bonds is 2. The molecule has 6 aromatic carbocycles. The van der Waals surface area contributed by atoms with Crippen LogP contribution in [0.2, 0.25) is 0 Å². The average molecular weight is 524 g/mol. The van der Waals surface area contributed by atoms with Crippen molar-refractivity contribution in [2.45, 2.75) is 6.42 Å². The topological polar surface area (TPSA) is 22.2 Å². The van der Waals surface area contributed by atoms with E-state index < -0.39 is 0 Å². The lowest BCUT2D eigenvalue weighted by Gasteiger charge is -2.09.